The normalized spacial score (nSPS) is 26.4. The molecule has 0 aliphatic carbocycles. The number of fused-ring (bicyclic) bond motifs is 1. The van der Waals surface area contributed by atoms with Crippen LogP contribution in [0.25, 0.3) is 11.1 Å². The van der Waals surface area contributed by atoms with E-state index < -0.39 is 5.79 Å². The zero-order valence-corrected chi connectivity index (χ0v) is 15.6. The highest BCUT2D eigenvalue weighted by Crippen LogP contribution is 2.34. The first-order valence-corrected chi connectivity index (χ1v) is 9.29. The molecule has 0 bridgehead atoms. The molecule has 2 saturated heterocycles. The summed E-state index contributed by atoms with van der Waals surface area (Å²) in [7, 11) is 0. The first-order chi connectivity index (χ1) is 13.0. The average molecular weight is 368 g/mol. The van der Waals surface area contributed by atoms with Crippen molar-refractivity contribution in [3.05, 3.63) is 54.4 Å². The van der Waals surface area contributed by atoms with Crippen LogP contribution in [0.1, 0.15) is 30.8 Å². The number of nitrogens with one attached hydrogen (secondary N) is 1. The van der Waals surface area contributed by atoms with E-state index >= 15 is 0 Å². The van der Waals surface area contributed by atoms with Crippen LogP contribution < -0.4 is 5.32 Å². The van der Waals surface area contributed by atoms with E-state index in [9.17, 15) is 4.79 Å². The van der Waals surface area contributed by atoms with E-state index in [-0.39, 0.29) is 24.2 Å². The van der Waals surface area contributed by atoms with Gasteiger partial charge in [0.25, 0.3) is 5.91 Å². The molecule has 6 nitrogen and oxygen atoms in total. The molecule has 2 aromatic rings. The maximum atomic E-state index is 12.5. The molecule has 1 aromatic heterocycles. The third-order valence-corrected chi connectivity index (χ3v) is 4.89. The first-order valence-electron chi connectivity index (χ1n) is 9.29. The van der Waals surface area contributed by atoms with Gasteiger partial charge in [-0.1, -0.05) is 36.4 Å². The Bertz CT molecular complexity index is 792. The lowest BCUT2D eigenvalue weighted by molar-refractivity contribution is -0.153. The molecule has 3 heterocycles. The lowest BCUT2D eigenvalue weighted by Gasteiger charge is -2.31. The van der Waals surface area contributed by atoms with Gasteiger partial charge in [0.05, 0.1) is 6.10 Å². The van der Waals surface area contributed by atoms with Crippen LogP contribution in [-0.2, 0) is 14.2 Å². The van der Waals surface area contributed by atoms with Gasteiger partial charge in [-0.05, 0) is 31.9 Å². The Balaban J connectivity index is 1.37. The lowest BCUT2D eigenvalue weighted by atomic mass is 10.0. The van der Waals surface area contributed by atoms with Crippen LogP contribution >= 0.6 is 0 Å². The molecule has 3 unspecified atom stereocenters. The van der Waals surface area contributed by atoms with Crippen LogP contribution in [0.3, 0.4) is 0 Å². The molecule has 27 heavy (non-hydrogen) atoms. The van der Waals surface area contributed by atoms with Crippen LogP contribution in [-0.4, -0.2) is 48.1 Å². The fourth-order valence-corrected chi connectivity index (χ4v) is 3.62. The molecule has 1 N–H and O–H groups in total. The first kappa shape index (κ1) is 18.1. The minimum atomic E-state index is -0.611. The Labute approximate surface area is 158 Å². The molecular weight excluding hydrogens is 344 g/mol. The van der Waals surface area contributed by atoms with Crippen LogP contribution in [0.4, 0.5) is 0 Å². The molecule has 6 heteroatoms. The Kier molecular flexibility index (Phi) is 4.95. The van der Waals surface area contributed by atoms with E-state index in [2.05, 4.69) is 10.3 Å². The van der Waals surface area contributed by atoms with Crippen molar-refractivity contribution in [3.63, 3.8) is 0 Å². The summed E-state index contributed by atoms with van der Waals surface area (Å²) in [5.41, 5.74) is 2.43. The molecule has 0 saturated carbocycles. The fraction of sp³-hybridized carbons (Fsp3) is 0.429. The minimum absolute atomic E-state index is 0.0129. The Morgan fingerprint density at radius 2 is 1.96 bits per heavy atom. The van der Waals surface area contributed by atoms with Crippen LogP contribution in [0.2, 0.25) is 0 Å². The van der Waals surface area contributed by atoms with Crippen molar-refractivity contribution in [3.8, 4) is 11.1 Å². The summed E-state index contributed by atoms with van der Waals surface area (Å²) in [4.78, 5) is 16.8. The van der Waals surface area contributed by atoms with Crippen molar-refractivity contribution in [2.45, 2.75) is 44.4 Å². The second-order valence-corrected chi connectivity index (χ2v) is 7.34. The molecular formula is C21H24N2O4. The average Bonchev–Trinajstić information content (AvgIpc) is 3.01. The molecule has 3 atom stereocenters. The van der Waals surface area contributed by atoms with Crippen LogP contribution in [0.5, 0.6) is 0 Å². The number of rotatable bonds is 4. The number of ether oxygens (including phenoxy) is 3. The maximum Gasteiger partial charge on any atom is 0.269 e. The molecule has 0 spiro atoms. The molecule has 1 amide bonds. The van der Waals surface area contributed by atoms with Crippen molar-refractivity contribution in [2.75, 3.05) is 13.2 Å². The van der Waals surface area contributed by atoms with Crippen molar-refractivity contribution >= 4 is 5.91 Å². The predicted molar refractivity (Wildman–Crippen MR) is 100 cm³/mol. The molecule has 2 fully saturated rings. The highest BCUT2D eigenvalue weighted by Gasteiger charge is 2.47. The largest absolute Gasteiger partial charge is 0.373 e. The minimum Gasteiger partial charge on any atom is -0.373 e. The second-order valence-electron chi connectivity index (χ2n) is 7.34. The van der Waals surface area contributed by atoms with E-state index in [0.717, 1.165) is 17.5 Å². The Hall–Kier alpha value is -2.28. The predicted octanol–water partition coefficient (Wildman–Crippen LogP) is 2.79. The van der Waals surface area contributed by atoms with E-state index in [1.165, 1.54) is 0 Å². The van der Waals surface area contributed by atoms with Gasteiger partial charge in [-0.2, -0.15) is 0 Å². The van der Waals surface area contributed by atoms with Gasteiger partial charge in [0.1, 0.15) is 17.9 Å². The smallest absolute Gasteiger partial charge is 0.269 e. The summed E-state index contributed by atoms with van der Waals surface area (Å²) in [6, 6.07) is 13.6. The van der Waals surface area contributed by atoms with Crippen molar-refractivity contribution in [2.24, 2.45) is 0 Å². The molecule has 4 rings (SSSR count). The number of nitrogens with zero attached hydrogens (tertiary/aromatic N) is 1. The van der Waals surface area contributed by atoms with Crippen molar-refractivity contribution in [1.29, 1.82) is 0 Å². The van der Waals surface area contributed by atoms with Crippen LogP contribution in [0.15, 0.2) is 48.7 Å². The number of aromatic nitrogens is 1. The second kappa shape index (κ2) is 7.38. The summed E-state index contributed by atoms with van der Waals surface area (Å²) in [6.07, 6.45) is 2.15. The summed E-state index contributed by atoms with van der Waals surface area (Å²) in [5, 5.41) is 2.91. The van der Waals surface area contributed by atoms with Gasteiger partial charge in [-0.15, -0.1) is 0 Å². The molecule has 142 valence electrons. The number of carbonyl (C=O) groups is 1. The number of benzene rings is 1. The van der Waals surface area contributed by atoms with Gasteiger partial charge in [0, 0.05) is 24.9 Å². The zero-order valence-electron chi connectivity index (χ0n) is 15.6. The van der Waals surface area contributed by atoms with E-state index in [1.54, 1.807) is 12.3 Å². The molecule has 0 radical (unpaired) electrons. The highest BCUT2D eigenvalue weighted by atomic mass is 16.8. The van der Waals surface area contributed by atoms with Gasteiger partial charge >= 0.3 is 0 Å². The van der Waals surface area contributed by atoms with Crippen LogP contribution in [0, 0.1) is 0 Å². The lowest BCUT2D eigenvalue weighted by Crippen LogP contribution is -2.48. The van der Waals surface area contributed by atoms with Crippen molar-refractivity contribution in [1.82, 2.24) is 10.3 Å². The number of amides is 1. The Morgan fingerprint density at radius 1 is 1.15 bits per heavy atom. The van der Waals surface area contributed by atoms with E-state index in [4.69, 9.17) is 14.2 Å². The fourth-order valence-electron chi connectivity index (χ4n) is 3.62. The topological polar surface area (TPSA) is 69.7 Å². The third kappa shape index (κ3) is 4.03. The SMILES string of the molecule is CC1(C)OC2CCOC(CNC(=O)c3ccc(-c4ccccc4)cn3)C2O1. The summed E-state index contributed by atoms with van der Waals surface area (Å²) >= 11 is 0. The van der Waals surface area contributed by atoms with Gasteiger partial charge in [0.2, 0.25) is 0 Å². The number of carbonyl (C=O) groups excluding carboxylic acids is 1. The van der Waals surface area contributed by atoms with E-state index in [1.807, 2.05) is 50.2 Å². The standard InChI is InChI=1S/C21H24N2O4/c1-21(2)26-17-10-11-25-18(19(17)27-21)13-23-20(24)16-9-8-15(12-22-16)14-6-4-3-5-7-14/h3-9,12,17-19H,10-11,13H2,1-2H3,(H,23,24). The van der Waals surface area contributed by atoms with Gasteiger partial charge in [-0.3, -0.25) is 9.78 Å². The number of pyridine rings is 1. The summed E-state index contributed by atoms with van der Waals surface area (Å²) in [6.45, 7) is 4.77. The van der Waals surface area contributed by atoms with E-state index in [0.29, 0.717) is 18.8 Å². The quantitative estimate of drug-likeness (QED) is 0.899. The number of hydrogen-bond acceptors (Lipinski definition) is 5. The van der Waals surface area contributed by atoms with Gasteiger partial charge < -0.3 is 19.5 Å². The summed E-state index contributed by atoms with van der Waals surface area (Å²) in [5.74, 6) is -0.835. The molecule has 1 aromatic carbocycles. The van der Waals surface area contributed by atoms with Gasteiger partial charge in [-0.25, -0.2) is 0 Å². The number of hydrogen-bond donors (Lipinski definition) is 1. The molecule has 2 aliphatic heterocycles. The highest BCUT2D eigenvalue weighted by molar-refractivity contribution is 5.92. The third-order valence-electron chi connectivity index (χ3n) is 4.89. The van der Waals surface area contributed by atoms with Gasteiger partial charge in [0.15, 0.2) is 5.79 Å². The zero-order chi connectivity index (χ0) is 18.9. The molecule has 2 aliphatic rings. The summed E-state index contributed by atoms with van der Waals surface area (Å²) < 4.78 is 17.7. The maximum absolute atomic E-state index is 12.5. The Morgan fingerprint density at radius 3 is 2.70 bits per heavy atom. The monoisotopic (exact) mass is 368 g/mol. The van der Waals surface area contributed by atoms with Crippen molar-refractivity contribution < 1.29 is 19.0 Å².